The van der Waals surface area contributed by atoms with E-state index in [1.54, 1.807) is 5.56 Å². The van der Waals surface area contributed by atoms with Gasteiger partial charge in [0.2, 0.25) is 0 Å². The molecule has 2 atom stereocenters. The highest BCUT2D eigenvalue weighted by atomic mass is 15.3. The van der Waals surface area contributed by atoms with E-state index in [1.165, 1.54) is 98.0 Å². The van der Waals surface area contributed by atoms with Crippen LogP contribution in [0.1, 0.15) is 103 Å². The molecular weight excluding hydrogens is 555 g/mol. The van der Waals surface area contributed by atoms with E-state index in [9.17, 15) is 0 Å². The summed E-state index contributed by atoms with van der Waals surface area (Å²) < 4.78 is 2.63. The normalized spacial score (nSPS) is 22.6. The Kier molecular flexibility index (Phi) is 5.45. The molecule has 0 bridgehead atoms. The molecule has 2 unspecified atom stereocenters. The molecule has 3 aliphatic heterocycles. The first-order valence-electron chi connectivity index (χ1n) is 17.6. The Balaban J connectivity index is 1.48. The van der Waals surface area contributed by atoms with Gasteiger partial charge in [-0.15, -0.1) is 0 Å². The lowest BCUT2D eigenvalue weighted by Crippen LogP contribution is -2.64. The van der Waals surface area contributed by atoms with Gasteiger partial charge in [-0.1, -0.05) is 110 Å². The van der Waals surface area contributed by atoms with E-state index in [1.807, 2.05) is 0 Å². The molecule has 46 heavy (non-hydrogen) atoms. The summed E-state index contributed by atoms with van der Waals surface area (Å²) in [5, 5.41) is 1.36. The van der Waals surface area contributed by atoms with Crippen LogP contribution < -0.4 is 21.3 Å². The fraction of sp³-hybridized carbons (Fsp3) is 0.395. The monoisotopic (exact) mass is 602 g/mol. The summed E-state index contributed by atoms with van der Waals surface area (Å²) in [6, 6.07) is 28.9. The summed E-state index contributed by atoms with van der Waals surface area (Å²) in [6.45, 7) is 22.0. The minimum atomic E-state index is 0.0349. The number of benzene rings is 4. The maximum absolute atomic E-state index is 2.87. The first-order chi connectivity index (χ1) is 21.7. The van der Waals surface area contributed by atoms with Gasteiger partial charge in [0.15, 0.2) is 0 Å². The van der Waals surface area contributed by atoms with Crippen LogP contribution in [0.3, 0.4) is 0 Å². The van der Waals surface area contributed by atoms with Crippen LogP contribution >= 0.6 is 0 Å². The molecular formula is C43H47BN2. The maximum Gasteiger partial charge on any atom is 0.252 e. The number of rotatable bonds is 1. The summed E-state index contributed by atoms with van der Waals surface area (Å²) in [7, 11) is 0. The molecule has 0 spiro atoms. The summed E-state index contributed by atoms with van der Waals surface area (Å²) in [4.78, 5) is 2.87. The predicted octanol–water partition coefficient (Wildman–Crippen LogP) is 9.09. The number of fused-ring (bicyclic) bond motifs is 7. The molecule has 3 heteroatoms. The fourth-order valence-electron chi connectivity index (χ4n) is 9.90. The minimum Gasteiger partial charge on any atom is -0.335 e. The van der Waals surface area contributed by atoms with E-state index in [2.05, 4.69) is 145 Å². The maximum atomic E-state index is 2.87. The fourth-order valence-corrected chi connectivity index (χ4v) is 9.90. The predicted molar refractivity (Wildman–Crippen MR) is 198 cm³/mol. The highest BCUT2D eigenvalue weighted by Crippen LogP contribution is 2.62. The second-order valence-corrected chi connectivity index (χ2v) is 17.5. The van der Waals surface area contributed by atoms with Crippen molar-refractivity contribution in [2.45, 2.75) is 110 Å². The Hall–Kier alpha value is -3.72. The van der Waals surface area contributed by atoms with Gasteiger partial charge in [0.25, 0.3) is 6.71 Å². The molecule has 232 valence electrons. The molecule has 0 amide bonds. The molecule has 0 radical (unpaired) electrons. The summed E-state index contributed by atoms with van der Waals surface area (Å²) in [6.07, 6.45) is 5.08. The Bertz CT molecular complexity index is 2120. The Labute approximate surface area is 275 Å². The van der Waals surface area contributed by atoms with Crippen molar-refractivity contribution in [3.63, 3.8) is 0 Å². The van der Waals surface area contributed by atoms with Crippen LogP contribution in [0.5, 0.6) is 0 Å². The average Bonchev–Trinajstić information content (AvgIpc) is 3.48. The van der Waals surface area contributed by atoms with Gasteiger partial charge in [0.05, 0.1) is 11.2 Å². The molecule has 4 aromatic carbocycles. The zero-order valence-corrected chi connectivity index (χ0v) is 29.2. The largest absolute Gasteiger partial charge is 0.335 e. The van der Waals surface area contributed by atoms with E-state index < -0.39 is 0 Å². The second kappa shape index (κ2) is 8.79. The van der Waals surface area contributed by atoms with E-state index >= 15 is 0 Å². The van der Waals surface area contributed by atoms with E-state index in [0.29, 0.717) is 0 Å². The average molecular weight is 603 g/mol. The van der Waals surface area contributed by atoms with E-state index in [4.69, 9.17) is 0 Å². The van der Waals surface area contributed by atoms with Crippen molar-refractivity contribution >= 4 is 45.4 Å². The second-order valence-electron chi connectivity index (χ2n) is 17.5. The van der Waals surface area contributed by atoms with Crippen LogP contribution in [0.4, 0.5) is 11.4 Å². The van der Waals surface area contributed by atoms with Gasteiger partial charge in [-0.25, -0.2) is 0 Å². The van der Waals surface area contributed by atoms with Crippen molar-refractivity contribution in [1.82, 2.24) is 4.57 Å². The van der Waals surface area contributed by atoms with Crippen LogP contribution in [0.15, 0.2) is 72.8 Å². The lowest BCUT2D eigenvalue weighted by Gasteiger charge is -2.52. The van der Waals surface area contributed by atoms with E-state index in [-0.39, 0.29) is 28.5 Å². The van der Waals surface area contributed by atoms with Gasteiger partial charge in [0, 0.05) is 33.4 Å². The number of hydrogen-bond donors (Lipinski definition) is 0. The van der Waals surface area contributed by atoms with Crippen LogP contribution in [0, 0.1) is 6.92 Å². The highest BCUT2D eigenvalue weighted by Gasteiger charge is 2.61. The van der Waals surface area contributed by atoms with Crippen molar-refractivity contribution in [2.75, 3.05) is 4.90 Å². The summed E-state index contributed by atoms with van der Waals surface area (Å²) >= 11 is 0. The zero-order valence-electron chi connectivity index (χ0n) is 29.2. The van der Waals surface area contributed by atoms with Gasteiger partial charge >= 0.3 is 0 Å². The van der Waals surface area contributed by atoms with Gasteiger partial charge in [-0.05, 0) is 106 Å². The molecule has 9 rings (SSSR count). The topological polar surface area (TPSA) is 8.17 Å². The minimum absolute atomic E-state index is 0.0349. The van der Waals surface area contributed by atoms with Crippen molar-refractivity contribution < 1.29 is 0 Å². The molecule has 5 aromatic rings. The molecule has 2 nitrogen and oxygen atoms in total. The van der Waals surface area contributed by atoms with Gasteiger partial charge < -0.3 is 9.47 Å². The van der Waals surface area contributed by atoms with Crippen LogP contribution in [-0.4, -0.2) is 16.8 Å². The van der Waals surface area contributed by atoms with Gasteiger partial charge in [0.1, 0.15) is 0 Å². The summed E-state index contributed by atoms with van der Waals surface area (Å²) in [5.74, 6) is 0. The van der Waals surface area contributed by atoms with Crippen molar-refractivity contribution in [2.24, 2.45) is 0 Å². The molecule has 0 saturated heterocycles. The van der Waals surface area contributed by atoms with Crippen molar-refractivity contribution in [3.8, 4) is 16.9 Å². The number of aromatic nitrogens is 1. The third-order valence-corrected chi connectivity index (χ3v) is 12.6. The first-order valence-corrected chi connectivity index (χ1v) is 17.6. The highest BCUT2D eigenvalue weighted by molar-refractivity contribution is 7.00. The zero-order chi connectivity index (χ0) is 32.1. The van der Waals surface area contributed by atoms with Crippen molar-refractivity contribution in [1.29, 1.82) is 0 Å². The van der Waals surface area contributed by atoms with Crippen molar-refractivity contribution in [3.05, 3.63) is 95.1 Å². The first kappa shape index (κ1) is 28.5. The number of hydrogen-bond acceptors (Lipinski definition) is 1. The molecule has 1 fully saturated rings. The van der Waals surface area contributed by atoms with Crippen LogP contribution in [0.25, 0.3) is 27.8 Å². The Morgan fingerprint density at radius 2 is 1.37 bits per heavy atom. The number of aryl methyl sites for hydroxylation is 1. The Morgan fingerprint density at radius 1 is 0.717 bits per heavy atom. The summed E-state index contributed by atoms with van der Waals surface area (Å²) in [5.41, 5.74) is 18.9. The lowest BCUT2D eigenvalue weighted by atomic mass is 9.33. The molecule has 4 heterocycles. The third-order valence-electron chi connectivity index (χ3n) is 12.6. The molecule has 1 saturated carbocycles. The number of nitrogens with zero attached hydrogens (tertiary/aromatic N) is 2. The number of anilines is 2. The van der Waals surface area contributed by atoms with Crippen LogP contribution in [0.2, 0.25) is 0 Å². The Morgan fingerprint density at radius 3 is 2.09 bits per heavy atom. The SMILES string of the molecule is Cc1cc2c3c(c1)-n1c(-c4ccccc4)cc4cc(C(C)(C)C)cc(c41)B3c1cc(C(C)(C)C)cc3c1N2C1(C)CCCCC31C. The smallest absolute Gasteiger partial charge is 0.252 e. The third kappa shape index (κ3) is 3.45. The molecule has 1 aliphatic carbocycles. The quantitative estimate of drug-likeness (QED) is 0.171. The lowest BCUT2D eigenvalue weighted by molar-refractivity contribution is 0.195. The van der Waals surface area contributed by atoms with Gasteiger partial charge in [-0.3, -0.25) is 0 Å². The van der Waals surface area contributed by atoms with Gasteiger partial charge in [-0.2, -0.15) is 0 Å². The molecule has 0 N–H and O–H groups in total. The van der Waals surface area contributed by atoms with Crippen LogP contribution in [-0.2, 0) is 16.2 Å². The standard InChI is InChI=1S/C43H47BN2/c1-26-19-35-37-36(20-26)46-39-31(42(8)17-13-14-18-43(42,46)9)23-30(41(5,6)7)25-33(39)44(37)32-24-29(40(2,3)4)21-28-22-34(45(35)38(28)32)27-15-11-10-12-16-27/h10-12,15-16,19-25H,13-14,17-18H2,1-9H3. The van der Waals surface area contributed by atoms with E-state index in [0.717, 1.165) is 0 Å². The molecule has 4 aliphatic rings. The molecule has 1 aromatic heterocycles.